The molecule has 3 aromatic rings. The van der Waals surface area contributed by atoms with Gasteiger partial charge >= 0.3 is 0 Å². The first-order valence-corrected chi connectivity index (χ1v) is 9.59. The molecule has 0 fully saturated rings. The molecule has 0 aliphatic rings. The van der Waals surface area contributed by atoms with Gasteiger partial charge in [-0.1, -0.05) is 53.7 Å². The first-order chi connectivity index (χ1) is 13.0. The van der Waals surface area contributed by atoms with Crippen molar-refractivity contribution in [3.05, 3.63) is 76.6 Å². The topological polar surface area (TPSA) is 64.0 Å². The highest BCUT2D eigenvalue weighted by atomic mass is 35.5. The van der Waals surface area contributed by atoms with Gasteiger partial charge in [0.05, 0.1) is 26.9 Å². The smallest absolute Gasteiger partial charge is 0.262 e. The largest absolute Gasteiger partial charge is 0.324 e. The highest BCUT2D eigenvalue weighted by Crippen LogP contribution is 2.25. The van der Waals surface area contributed by atoms with Crippen LogP contribution in [0.3, 0.4) is 0 Å². The molecular weight excluding hydrogens is 382 g/mol. The Morgan fingerprint density at radius 2 is 2.00 bits per heavy atom. The number of nitrogens with zero attached hydrogens (tertiary/aromatic N) is 2. The Balaban J connectivity index is 1.89. The Labute approximate surface area is 166 Å². The standard InChI is InChI=1S/C20H18ClN3O2S/c1-3-12-24-19(26)14-8-4-6-10-16(14)23-20(24)27-13(2)18(25)22-17-11-7-5-9-15(17)21/h3-11,13H,1,12H2,2H3,(H,22,25)/t13-/m1/s1. The van der Waals surface area contributed by atoms with Gasteiger partial charge in [-0.05, 0) is 31.2 Å². The molecule has 0 aliphatic heterocycles. The number of thioether (sulfide) groups is 1. The fourth-order valence-electron chi connectivity index (χ4n) is 2.54. The zero-order valence-corrected chi connectivity index (χ0v) is 16.3. The number of hydrogen-bond donors (Lipinski definition) is 1. The zero-order valence-electron chi connectivity index (χ0n) is 14.7. The second-order valence-electron chi connectivity index (χ2n) is 5.85. The molecule has 0 unspecified atom stereocenters. The average molecular weight is 400 g/mol. The van der Waals surface area contributed by atoms with Crippen LogP contribution in [0.2, 0.25) is 5.02 Å². The molecule has 27 heavy (non-hydrogen) atoms. The maximum Gasteiger partial charge on any atom is 0.262 e. The van der Waals surface area contributed by atoms with Crippen LogP contribution in [0, 0.1) is 0 Å². The summed E-state index contributed by atoms with van der Waals surface area (Å²) in [5, 5.41) is 3.80. The van der Waals surface area contributed by atoms with Gasteiger partial charge in [0.15, 0.2) is 5.16 Å². The van der Waals surface area contributed by atoms with Crippen LogP contribution in [0.5, 0.6) is 0 Å². The summed E-state index contributed by atoms with van der Waals surface area (Å²) in [5.74, 6) is -0.222. The number of halogens is 1. The summed E-state index contributed by atoms with van der Waals surface area (Å²) in [6.45, 7) is 5.79. The Kier molecular flexibility index (Phi) is 5.98. The van der Waals surface area contributed by atoms with Gasteiger partial charge in [0, 0.05) is 6.54 Å². The summed E-state index contributed by atoms with van der Waals surface area (Å²) >= 11 is 7.32. The molecule has 0 aliphatic carbocycles. The number of benzene rings is 2. The van der Waals surface area contributed by atoms with Gasteiger partial charge in [0.1, 0.15) is 0 Å². The lowest BCUT2D eigenvalue weighted by atomic mass is 10.2. The van der Waals surface area contributed by atoms with E-state index in [0.29, 0.717) is 33.3 Å². The number of para-hydroxylation sites is 2. The van der Waals surface area contributed by atoms with Crippen LogP contribution in [0.25, 0.3) is 10.9 Å². The first-order valence-electron chi connectivity index (χ1n) is 8.33. The third-order valence-corrected chi connectivity index (χ3v) is 5.34. The second kappa shape index (κ2) is 8.41. The number of aromatic nitrogens is 2. The Hall–Kier alpha value is -2.57. The average Bonchev–Trinajstić information content (AvgIpc) is 2.66. The van der Waals surface area contributed by atoms with E-state index in [4.69, 9.17) is 11.6 Å². The van der Waals surface area contributed by atoms with Crippen molar-refractivity contribution in [2.45, 2.75) is 23.9 Å². The van der Waals surface area contributed by atoms with Gasteiger partial charge in [-0.25, -0.2) is 4.98 Å². The molecule has 2 aromatic carbocycles. The Bertz CT molecular complexity index is 1060. The molecule has 0 saturated heterocycles. The molecule has 0 saturated carbocycles. The van der Waals surface area contributed by atoms with E-state index in [1.165, 1.54) is 16.3 Å². The lowest BCUT2D eigenvalue weighted by Crippen LogP contribution is -2.26. The monoisotopic (exact) mass is 399 g/mol. The first kappa shape index (κ1) is 19.2. The zero-order chi connectivity index (χ0) is 19.4. The second-order valence-corrected chi connectivity index (χ2v) is 7.56. The van der Waals surface area contributed by atoms with E-state index in [1.807, 2.05) is 6.07 Å². The van der Waals surface area contributed by atoms with Crippen molar-refractivity contribution in [1.82, 2.24) is 9.55 Å². The lowest BCUT2D eigenvalue weighted by Gasteiger charge is -2.16. The fourth-order valence-corrected chi connectivity index (χ4v) is 3.64. The molecule has 1 heterocycles. The third-order valence-electron chi connectivity index (χ3n) is 3.92. The van der Waals surface area contributed by atoms with Crippen molar-refractivity contribution in [3.63, 3.8) is 0 Å². The van der Waals surface area contributed by atoms with Crippen molar-refractivity contribution in [1.29, 1.82) is 0 Å². The molecule has 1 atom stereocenters. The van der Waals surface area contributed by atoms with E-state index < -0.39 is 5.25 Å². The van der Waals surface area contributed by atoms with Crippen molar-refractivity contribution in [2.75, 3.05) is 5.32 Å². The normalized spacial score (nSPS) is 11.9. The van der Waals surface area contributed by atoms with E-state index in [0.717, 1.165) is 0 Å². The molecule has 1 amide bonds. The van der Waals surface area contributed by atoms with Crippen molar-refractivity contribution in [2.24, 2.45) is 0 Å². The lowest BCUT2D eigenvalue weighted by molar-refractivity contribution is -0.115. The van der Waals surface area contributed by atoms with Crippen LogP contribution in [0.1, 0.15) is 6.92 Å². The number of carbonyl (C=O) groups excluding carboxylic acids is 1. The minimum Gasteiger partial charge on any atom is -0.324 e. The van der Waals surface area contributed by atoms with Crippen LogP contribution >= 0.6 is 23.4 Å². The van der Waals surface area contributed by atoms with Gasteiger partial charge in [0.2, 0.25) is 5.91 Å². The number of allylic oxidation sites excluding steroid dienone is 1. The number of amides is 1. The minimum atomic E-state index is -0.481. The highest BCUT2D eigenvalue weighted by molar-refractivity contribution is 8.00. The van der Waals surface area contributed by atoms with Crippen LogP contribution in [-0.4, -0.2) is 20.7 Å². The summed E-state index contributed by atoms with van der Waals surface area (Å²) in [4.78, 5) is 29.9. The van der Waals surface area contributed by atoms with E-state index in [9.17, 15) is 9.59 Å². The molecule has 138 valence electrons. The maximum atomic E-state index is 12.8. The minimum absolute atomic E-state index is 0.151. The number of nitrogens with one attached hydrogen (secondary N) is 1. The predicted molar refractivity (Wildman–Crippen MR) is 112 cm³/mol. The van der Waals surface area contributed by atoms with E-state index in [-0.39, 0.29) is 11.5 Å². The summed E-state index contributed by atoms with van der Waals surface area (Å²) in [6, 6.07) is 14.2. The SMILES string of the molecule is C=CCn1c(S[C@H](C)C(=O)Nc2ccccc2Cl)nc2ccccc2c1=O. The molecular formula is C20H18ClN3O2S. The van der Waals surface area contributed by atoms with Gasteiger partial charge in [-0.2, -0.15) is 0 Å². The number of anilines is 1. The number of carbonyl (C=O) groups is 1. The van der Waals surface area contributed by atoms with E-state index in [1.54, 1.807) is 55.5 Å². The molecule has 0 radical (unpaired) electrons. The molecule has 1 N–H and O–H groups in total. The van der Waals surface area contributed by atoms with E-state index >= 15 is 0 Å². The quantitative estimate of drug-likeness (QED) is 0.380. The van der Waals surface area contributed by atoms with Crippen molar-refractivity contribution in [3.8, 4) is 0 Å². The van der Waals surface area contributed by atoms with Gasteiger partial charge in [-0.15, -0.1) is 6.58 Å². The van der Waals surface area contributed by atoms with Gasteiger partial charge in [-0.3, -0.25) is 14.2 Å². The molecule has 5 nitrogen and oxygen atoms in total. The van der Waals surface area contributed by atoms with Crippen molar-refractivity contribution < 1.29 is 4.79 Å². The summed E-state index contributed by atoms with van der Waals surface area (Å²) in [7, 11) is 0. The summed E-state index contributed by atoms with van der Waals surface area (Å²) in [5.41, 5.74) is 0.998. The summed E-state index contributed by atoms with van der Waals surface area (Å²) in [6.07, 6.45) is 1.64. The van der Waals surface area contributed by atoms with Crippen LogP contribution in [0.4, 0.5) is 5.69 Å². The third kappa shape index (κ3) is 4.23. The number of hydrogen-bond acceptors (Lipinski definition) is 4. The van der Waals surface area contributed by atoms with Crippen LogP contribution < -0.4 is 10.9 Å². The van der Waals surface area contributed by atoms with E-state index in [2.05, 4.69) is 16.9 Å². The predicted octanol–water partition coefficient (Wildman–Crippen LogP) is 4.36. The molecule has 0 spiro atoms. The molecule has 0 bridgehead atoms. The molecule has 3 rings (SSSR count). The summed E-state index contributed by atoms with van der Waals surface area (Å²) < 4.78 is 1.53. The molecule has 1 aromatic heterocycles. The van der Waals surface area contributed by atoms with Crippen LogP contribution in [-0.2, 0) is 11.3 Å². The van der Waals surface area contributed by atoms with Crippen LogP contribution in [0.15, 0.2) is 71.1 Å². The maximum absolute atomic E-state index is 12.8. The molecule has 7 heteroatoms. The Morgan fingerprint density at radius 1 is 1.30 bits per heavy atom. The van der Waals surface area contributed by atoms with Crippen molar-refractivity contribution >= 4 is 45.9 Å². The van der Waals surface area contributed by atoms with Gasteiger partial charge < -0.3 is 5.32 Å². The number of rotatable bonds is 6. The number of fused-ring (bicyclic) bond motifs is 1. The fraction of sp³-hybridized carbons (Fsp3) is 0.150. The highest BCUT2D eigenvalue weighted by Gasteiger charge is 2.19. The Morgan fingerprint density at radius 3 is 2.74 bits per heavy atom. The van der Waals surface area contributed by atoms with Gasteiger partial charge in [0.25, 0.3) is 5.56 Å².